The number of rotatable bonds is 3. The average molecular weight is 354 g/mol. The highest BCUT2D eigenvalue weighted by atomic mass is 16.2. The molecule has 0 radical (unpaired) electrons. The molecule has 4 aromatic rings. The van der Waals surface area contributed by atoms with E-state index < -0.39 is 0 Å². The summed E-state index contributed by atoms with van der Waals surface area (Å²) in [5.74, 6) is 0.529. The van der Waals surface area contributed by atoms with Gasteiger partial charge in [0.05, 0.1) is 11.0 Å². The van der Waals surface area contributed by atoms with Crippen molar-refractivity contribution in [2.45, 2.75) is 11.8 Å². The number of hydrogen-bond donors (Lipinski definition) is 2. The smallest absolute Gasteiger partial charge is 0.231 e. The summed E-state index contributed by atoms with van der Waals surface area (Å²) in [6.45, 7) is 0.632. The maximum atomic E-state index is 12.5. The zero-order chi connectivity index (χ0) is 18.2. The zero-order valence-corrected chi connectivity index (χ0v) is 14.6. The first-order chi connectivity index (χ1) is 13.3. The van der Waals surface area contributed by atoms with Crippen molar-refractivity contribution in [3.05, 3.63) is 84.4 Å². The number of carbonyl (C=O) groups is 1. The molecule has 2 N–H and O–H groups in total. The molecule has 5 nitrogen and oxygen atoms in total. The van der Waals surface area contributed by atoms with Crippen molar-refractivity contribution in [3.63, 3.8) is 0 Å². The van der Waals surface area contributed by atoms with E-state index in [1.807, 2.05) is 42.5 Å². The third-order valence-electron chi connectivity index (χ3n) is 5.22. The fourth-order valence-corrected chi connectivity index (χ4v) is 3.85. The van der Waals surface area contributed by atoms with E-state index in [2.05, 4.69) is 33.5 Å². The molecular weight excluding hydrogens is 336 g/mol. The topological polar surface area (TPSA) is 70.7 Å². The highest BCUT2D eigenvalue weighted by Gasteiger charge is 2.38. The maximum absolute atomic E-state index is 12.5. The van der Waals surface area contributed by atoms with Crippen LogP contribution < -0.4 is 5.32 Å². The largest absolute Gasteiger partial charge is 0.355 e. The molecule has 0 bridgehead atoms. The summed E-state index contributed by atoms with van der Waals surface area (Å²) >= 11 is 0. The van der Waals surface area contributed by atoms with E-state index in [4.69, 9.17) is 4.98 Å². The molecule has 1 fully saturated rings. The highest BCUT2D eigenvalue weighted by molar-refractivity contribution is 5.88. The first-order valence-electron chi connectivity index (χ1n) is 9.02. The lowest BCUT2D eigenvalue weighted by molar-refractivity contribution is -0.120. The average Bonchev–Trinajstić information content (AvgIpc) is 3.31. The Kier molecular flexibility index (Phi) is 3.71. The van der Waals surface area contributed by atoms with Gasteiger partial charge in [-0.3, -0.25) is 9.78 Å². The van der Waals surface area contributed by atoms with Crippen LogP contribution in [0, 0.1) is 0 Å². The molecule has 1 aliphatic rings. The SMILES string of the molecule is O=C1NCC(c2ccccc2)C1c1nc2ccc(-c3ccncc3)cc2[nH]1. The third-order valence-corrected chi connectivity index (χ3v) is 5.22. The maximum Gasteiger partial charge on any atom is 0.231 e. The van der Waals surface area contributed by atoms with Gasteiger partial charge < -0.3 is 10.3 Å². The van der Waals surface area contributed by atoms with Crippen LogP contribution in [-0.4, -0.2) is 27.4 Å². The molecule has 0 aliphatic carbocycles. The van der Waals surface area contributed by atoms with E-state index in [1.165, 1.54) is 0 Å². The van der Waals surface area contributed by atoms with Gasteiger partial charge in [0, 0.05) is 24.9 Å². The molecule has 132 valence electrons. The number of H-pyrrole nitrogens is 1. The number of fused-ring (bicyclic) bond motifs is 1. The molecule has 2 aromatic carbocycles. The van der Waals surface area contributed by atoms with Crippen LogP contribution in [0.25, 0.3) is 22.2 Å². The number of pyridine rings is 1. The number of amides is 1. The molecule has 1 saturated heterocycles. The van der Waals surface area contributed by atoms with Crippen molar-refractivity contribution < 1.29 is 4.79 Å². The number of carbonyl (C=O) groups excluding carboxylic acids is 1. The Balaban J connectivity index is 1.55. The van der Waals surface area contributed by atoms with Gasteiger partial charge in [-0.25, -0.2) is 4.98 Å². The fraction of sp³-hybridized carbons (Fsp3) is 0.136. The molecule has 2 aromatic heterocycles. The van der Waals surface area contributed by atoms with Crippen LogP contribution in [0.15, 0.2) is 73.1 Å². The summed E-state index contributed by atoms with van der Waals surface area (Å²) in [4.78, 5) is 24.7. The number of hydrogen-bond acceptors (Lipinski definition) is 3. The number of nitrogens with one attached hydrogen (secondary N) is 2. The Labute approximate surface area is 156 Å². The Bertz CT molecular complexity index is 1110. The Morgan fingerprint density at radius 1 is 0.926 bits per heavy atom. The lowest BCUT2D eigenvalue weighted by Crippen LogP contribution is -2.19. The molecule has 1 amide bonds. The van der Waals surface area contributed by atoms with Crippen molar-refractivity contribution in [1.29, 1.82) is 0 Å². The highest BCUT2D eigenvalue weighted by Crippen LogP contribution is 2.36. The second-order valence-electron chi connectivity index (χ2n) is 6.83. The standard InChI is InChI=1S/C22H18N4O/c27-22-20(17(13-24-22)15-4-2-1-3-5-15)21-25-18-7-6-16(12-19(18)26-21)14-8-10-23-11-9-14/h1-12,17,20H,13H2,(H,24,27)(H,25,26). The molecule has 27 heavy (non-hydrogen) atoms. The number of aromatic nitrogens is 3. The second kappa shape index (κ2) is 6.36. The van der Waals surface area contributed by atoms with Crippen LogP contribution in [0.5, 0.6) is 0 Å². The predicted octanol–water partition coefficient (Wildman–Crippen LogP) is 3.62. The second-order valence-corrected chi connectivity index (χ2v) is 6.83. The summed E-state index contributed by atoms with van der Waals surface area (Å²) in [6, 6.07) is 20.2. The lowest BCUT2D eigenvalue weighted by Gasteiger charge is -2.14. The molecular formula is C22H18N4O. The minimum Gasteiger partial charge on any atom is -0.355 e. The first-order valence-corrected chi connectivity index (χ1v) is 9.02. The van der Waals surface area contributed by atoms with Crippen LogP contribution in [-0.2, 0) is 4.79 Å². The summed E-state index contributed by atoms with van der Waals surface area (Å²) in [7, 11) is 0. The van der Waals surface area contributed by atoms with Gasteiger partial charge in [-0.1, -0.05) is 36.4 Å². The van der Waals surface area contributed by atoms with E-state index in [9.17, 15) is 4.79 Å². The van der Waals surface area contributed by atoms with Crippen molar-refractivity contribution in [2.75, 3.05) is 6.54 Å². The molecule has 2 unspecified atom stereocenters. The minimum atomic E-state index is -0.302. The predicted molar refractivity (Wildman–Crippen MR) is 104 cm³/mol. The number of benzene rings is 2. The minimum absolute atomic E-state index is 0.0252. The van der Waals surface area contributed by atoms with Crippen LogP contribution in [0.2, 0.25) is 0 Å². The van der Waals surface area contributed by atoms with E-state index in [1.54, 1.807) is 12.4 Å². The van der Waals surface area contributed by atoms with Crippen molar-refractivity contribution in [1.82, 2.24) is 20.3 Å². The van der Waals surface area contributed by atoms with Crippen LogP contribution in [0.3, 0.4) is 0 Å². The Morgan fingerprint density at radius 2 is 1.74 bits per heavy atom. The van der Waals surface area contributed by atoms with E-state index >= 15 is 0 Å². The Morgan fingerprint density at radius 3 is 2.56 bits per heavy atom. The fourth-order valence-electron chi connectivity index (χ4n) is 3.85. The molecule has 2 atom stereocenters. The lowest BCUT2D eigenvalue weighted by atomic mass is 9.88. The van der Waals surface area contributed by atoms with Gasteiger partial charge in [-0.2, -0.15) is 0 Å². The molecule has 1 aliphatic heterocycles. The van der Waals surface area contributed by atoms with E-state index in [-0.39, 0.29) is 17.7 Å². The molecule has 0 saturated carbocycles. The summed E-state index contributed by atoms with van der Waals surface area (Å²) in [6.07, 6.45) is 3.57. The number of imidazole rings is 1. The van der Waals surface area contributed by atoms with Crippen LogP contribution >= 0.6 is 0 Å². The monoisotopic (exact) mass is 354 g/mol. The van der Waals surface area contributed by atoms with Gasteiger partial charge in [0.25, 0.3) is 0 Å². The third kappa shape index (κ3) is 2.77. The number of aromatic amines is 1. The summed E-state index contributed by atoms with van der Waals surface area (Å²) in [5.41, 5.74) is 5.15. The molecule has 5 rings (SSSR count). The van der Waals surface area contributed by atoms with Crippen molar-refractivity contribution in [2.24, 2.45) is 0 Å². The van der Waals surface area contributed by atoms with Gasteiger partial charge in [-0.05, 0) is 41.0 Å². The summed E-state index contributed by atoms with van der Waals surface area (Å²) < 4.78 is 0. The number of nitrogens with zero attached hydrogens (tertiary/aromatic N) is 2. The van der Waals surface area contributed by atoms with E-state index in [0.717, 1.165) is 33.5 Å². The molecule has 3 heterocycles. The van der Waals surface area contributed by atoms with Gasteiger partial charge in [-0.15, -0.1) is 0 Å². The molecule has 0 spiro atoms. The van der Waals surface area contributed by atoms with Gasteiger partial charge >= 0.3 is 0 Å². The van der Waals surface area contributed by atoms with Crippen molar-refractivity contribution >= 4 is 16.9 Å². The van der Waals surface area contributed by atoms with Gasteiger partial charge in [0.1, 0.15) is 11.7 Å². The Hall–Kier alpha value is -3.47. The first kappa shape index (κ1) is 15.8. The molecule has 5 heteroatoms. The van der Waals surface area contributed by atoms with Crippen LogP contribution in [0.4, 0.5) is 0 Å². The normalized spacial score (nSPS) is 19.3. The van der Waals surface area contributed by atoms with Crippen molar-refractivity contribution in [3.8, 4) is 11.1 Å². The van der Waals surface area contributed by atoms with Gasteiger partial charge in [0.2, 0.25) is 5.91 Å². The summed E-state index contributed by atoms with van der Waals surface area (Å²) in [5, 5.41) is 2.99. The van der Waals surface area contributed by atoms with E-state index in [0.29, 0.717) is 6.54 Å². The quantitative estimate of drug-likeness (QED) is 0.590. The van der Waals surface area contributed by atoms with Crippen LogP contribution in [0.1, 0.15) is 23.2 Å². The zero-order valence-electron chi connectivity index (χ0n) is 14.6. The van der Waals surface area contributed by atoms with Gasteiger partial charge in [0.15, 0.2) is 0 Å².